The molecule has 0 aromatic heterocycles. The Kier molecular flexibility index (Phi) is 2.25. The van der Waals surface area contributed by atoms with Crippen molar-refractivity contribution in [3.8, 4) is 0 Å². The summed E-state index contributed by atoms with van der Waals surface area (Å²) in [5.74, 6) is -1.25. The van der Waals surface area contributed by atoms with Crippen molar-refractivity contribution in [1.29, 1.82) is 0 Å². The minimum absolute atomic E-state index is 0.345. The van der Waals surface area contributed by atoms with E-state index in [9.17, 15) is 9.90 Å². The van der Waals surface area contributed by atoms with Crippen LogP contribution in [-0.2, 0) is 4.84 Å². The maximum Gasteiger partial charge on any atom is 0.341 e. The lowest BCUT2D eigenvalue weighted by atomic mass is 9.97. The van der Waals surface area contributed by atoms with Gasteiger partial charge in [0, 0.05) is 13.5 Å². The molecule has 1 atom stereocenters. The van der Waals surface area contributed by atoms with Crippen LogP contribution in [0.3, 0.4) is 0 Å². The molecule has 0 aliphatic carbocycles. The number of carbonyl (C=O) groups is 1. The van der Waals surface area contributed by atoms with Crippen molar-refractivity contribution in [3.63, 3.8) is 0 Å². The second-order valence-corrected chi connectivity index (χ2v) is 4.11. The number of nitrogens with zero attached hydrogens (tertiary/aromatic N) is 1. The van der Waals surface area contributed by atoms with E-state index in [0.29, 0.717) is 6.42 Å². The summed E-state index contributed by atoms with van der Waals surface area (Å²) in [6, 6.07) is -0.345. The van der Waals surface area contributed by atoms with E-state index in [2.05, 4.69) is 5.32 Å². The van der Waals surface area contributed by atoms with Crippen LogP contribution in [0.1, 0.15) is 27.2 Å². The summed E-state index contributed by atoms with van der Waals surface area (Å²) in [6.07, 6.45) is 0.396. The number of amides is 2. The quantitative estimate of drug-likeness (QED) is 0.580. The van der Waals surface area contributed by atoms with Gasteiger partial charge in [-0.05, 0) is 20.8 Å². The topological polar surface area (TPSA) is 61.8 Å². The number of hydrogen-bond acceptors (Lipinski definition) is 3. The molecule has 1 saturated heterocycles. The van der Waals surface area contributed by atoms with Gasteiger partial charge in [-0.25, -0.2) is 9.63 Å². The molecule has 1 fully saturated rings. The minimum atomic E-state index is -1.25. The molecule has 76 valence electrons. The van der Waals surface area contributed by atoms with Crippen LogP contribution in [0.2, 0.25) is 0 Å². The average Bonchev–Trinajstić information content (AvgIpc) is 2.17. The number of rotatable bonds is 0. The molecule has 1 heterocycles. The van der Waals surface area contributed by atoms with Crippen LogP contribution in [0.5, 0.6) is 0 Å². The molecule has 0 saturated carbocycles. The maximum absolute atomic E-state index is 11.3. The van der Waals surface area contributed by atoms with E-state index < -0.39 is 11.3 Å². The van der Waals surface area contributed by atoms with E-state index in [1.165, 1.54) is 19.0 Å². The molecule has 0 aromatic carbocycles. The molecule has 0 bridgehead atoms. The third-order valence-electron chi connectivity index (χ3n) is 2.00. The second-order valence-electron chi connectivity index (χ2n) is 4.11. The summed E-state index contributed by atoms with van der Waals surface area (Å²) in [5.41, 5.74) is -0.483. The molecule has 5 heteroatoms. The van der Waals surface area contributed by atoms with Gasteiger partial charge in [0.15, 0.2) is 5.79 Å². The highest BCUT2D eigenvalue weighted by molar-refractivity contribution is 5.73. The van der Waals surface area contributed by atoms with E-state index in [0.717, 1.165) is 0 Å². The number of carbonyl (C=O) groups excluding carboxylic acids is 1. The van der Waals surface area contributed by atoms with Crippen LogP contribution in [0.4, 0.5) is 4.79 Å². The highest BCUT2D eigenvalue weighted by Gasteiger charge is 2.48. The molecular weight excluding hydrogens is 172 g/mol. The van der Waals surface area contributed by atoms with Gasteiger partial charge in [0.2, 0.25) is 0 Å². The Balaban J connectivity index is 2.82. The fourth-order valence-electron chi connectivity index (χ4n) is 1.64. The smallest absolute Gasteiger partial charge is 0.341 e. The highest BCUT2D eigenvalue weighted by atomic mass is 16.8. The number of aliphatic hydroxyl groups is 1. The lowest BCUT2D eigenvalue weighted by Crippen LogP contribution is -2.46. The predicted octanol–water partition coefficient (Wildman–Crippen LogP) is 0.450. The van der Waals surface area contributed by atoms with Crippen molar-refractivity contribution < 1.29 is 14.7 Å². The van der Waals surface area contributed by atoms with Crippen LogP contribution in [0.25, 0.3) is 0 Å². The number of hydrogen-bond donors (Lipinski definition) is 2. The Morgan fingerprint density at radius 2 is 2.08 bits per heavy atom. The van der Waals surface area contributed by atoms with Crippen molar-refractivity contribution >= 4 is 6.03 Å². The summed E-state index contributed by atoms with van der Waals surface area (Å²) < 4.78 is 0. The van der Waals surface area contributed by atoms with Crippen molar-refractivity contribution in [1.82, 2.24) is 10.4 Å². The van der Waals surface area contributed by atoms with Crippen molar-refractivity contribution in [2.75, 3.05) is 7.05 Å². The van der Waals surface area contributed by atoms with Gasteiger partial charge in [0.05, 0.1) is 5.54 Å². The van der Waals surface area contributed by atoms with E-state index in [4.69, 9.17) is 4.84 Å². The molecule has 0 spiro atoms. The Morgan fingerprint density at radius 3 is 2.38 bits per heavy atom. The van der Waals surface area contributed by atoms with Gasteiger partial charge in [-0.2, -0.15) is 5.06 Å². The van der Waals surface area contributed by atoms with Gasteiger partial charge in [-0.3, -0.25) is 0 Å². The Morgan fingerprint density at radius 1 is 1.54 bits per heavy atom. The van der Waals surface area contributed by atoms with Gasteiger partial charge >= 0.3 is 6.03 Å². The number of nitrogens with one attached hydrogen (secondary N) is 1. The molecule has 1 aliphatic rings. The third-order valence-corrected chi connectivity index (χ3v) is 2.00. The molecule has 1 aliphatic heterocycles. The van der Waals surface area contributed by atoms with E-state index >= 15 is 0 Å². The standard InChI is InChI=1S/C8H16N2O3/c1-7(2)5-8(3,12)13-10(7)6(11)9-4/h12H,5H2,1-4H3,(H,9,11)/t8-/m1/s1. The Bertz CT molecular complexity index is 225. The first kappa shape index (κ1) is 10.3. The lowest BCUT2D eigenvalue weighted by molar-refractivity contribution is -0.258. The summed E-state index contributed by atoms with van der Waals surface area (Å²) in [6.45, 7) is 5.21. The van der Waals surface area contributed by atoms with Gasteiger partial charge in [-0.15, -0.1) is 0 Å². The summed E-state index contributed by atoms with van der Waals surface area (Å²) in [7, 11) is 1.52. The molecule has 0 unspecified atom stereocenters. The predicted molar refractivity (Wildman–Crippen MR) is 46.7 cm³/mol. The van der Waals surface area contributed by atoms with Gasteiger partial charge in [0.25, 0.3) is 0 Å². The van der Waals surface area contributed by atoms with Crippen molar-refractivity contribution in [3.05, 3.63) is 0 Å². The fourth-order valence-corrected chi connectivity index (χ4v) is 1.64. The first-order chi connectivity index (χ1) is 5.78. The van der Waals surface area contributed by atoms with Crippen LogP contribution >= 0.6 is 0 Å². The zero-order valence-corrected chi connectivity index (χ0v) is 8.42. The first-order valence-corrected chi connectivity index (χ1v) is 4.22. The Labute approximate surface area is 77.6 Å². The molecular formula is C8H16N2O3. The monoisotopic (exact) mass is 188 g/mol. The number of urea groups is 1. The summed E-state index contributed by atoms with van der Waals surface area (Å²) >= 11 is 0. The molecule has 13 heavy (non-hydrogen) atoms. The largest absolute Gasteiger partial charge is 0.364 e. The zero-order valence-electron chi connectivity index (χ0n) is 8.42. The van der Waals surface area contributed by atoms with Crippen molar-refractivity contribution in [2.45, 2.75) is 38.5 Å². The molecule has 0 radical (unpaired) electrons. The zero-order chi connectivity index (χ0) is 10.3. The second kappa shape index (κ2) is 2.85. The average molecular weight is 188 g/mol. The van der Waals surface area contributed by atoms with Crippen molar-refractivity contribution in [2.24, 2.45) is 0 Å². The minimum Gasteiger partial charge on any atom is -0.364 e. The van der Waals surface area contributed by atoms with Gasteiger partial charge in [0.1, 0.15) is 0 Å². The molecule has 2 N–H and O–H groups in total. The van der Waals surface area contributed by atoms with E-state index in [1.807, 2.05) is 13.8 Å². The lowest BCUT2D eigenvalue weighted by Gasteiger charge is -2.27. The Hall–Kier alpha value is -0.810. The van der Waals surface area contributed by atoms with Gasteiger partial charge in [-0.1, -0.05) is 0 Å². The van der Waals surface area contributed by atoms with Crippen LogP contribution in [-0.4, -0.2) is 34.6 Å². The van der Waals surface area contributed by atoms with Crippen LogP contribution in [0, 0.1) is 0 Å². The van der Waals surface area contributed by atoms with E-state index in [1.54, 1.807) is 0 Å². The number of hydroxylamine groups is 2. The van der Waals surface area contributed by atoms with Crippen LogP contribution < -0.4 is 5.32 Å². The molecule has 5 nitrogen and oxygen atoms in total. The third kappa shape index (κ3) is 1.92. The molecule has 2 amide bonds. The fraction of sp³-hybridized carbons (Fsp3) is 0.875. The SMILES string of the molecule is CNC(=O)N1O[C@@](C)(O)CC1(C)C. The van der Waals surface area contributed by atoms with E-state index in [-0.39, 0.29) is 6.03 Å². The van der Waals surface area contributed by atoms with Gasteiger partial charge < -0.3 is 10.4 Å². The first-order valence-electron chi connectivity index (χ1n) is 4.22. The van der Waals surface area contributed by atoms with Crippen LogP contribution in [0.15, 0.2) is 0 Å². The normalized spacial score (nSPS) is 31.9. The highest BCUT2D eigenvalue weighted by Crippen LogP contribution is 2.36. The summed E-state index contributed by atoms with van der Waals surface area (Å²) in [5, 5.41) is 13.2. The summed E-state index contributed by atoms with van der Waals surface area (Å²) in [4.78, 5) is 16.4. The molecule has 1 rings (SSSR count). The maximum atomic E-state index is 11.3. The molecule has 0 aromatic rings.